The number of benzene rings is 1. The number of ether oxygens (including phenoxy) is 1. The summed E-state index contributed by atoms with van der Waals surface area (Å²) in [4.78, 5) is 23.5. The summed E-state index contributed by atoms with van der Waals surface area (Å²) in [7, 11) is 0. The third-order valence-corrected chi connectivity index (χ3v) is 6.67. The fourth-order valence-corrected chi connectivity index (χ4v) is 4.66. The molecule has 1 aromatic carbocycles. The molecule has 0 radical (unpaired) electrons. The third-order valence-electron chi connectivity index (χ3n) is 6.67. The van der Waals surface area contributed by atoms with Gasteiger partial charge in [0.1, 0.15) is 5.82 Å². The minimum atomic E-state index is -0.443. The summed E-state index contributed by atoms with van der Waals surface area (Å²) in [5, 5.41) is 3.27. The van der Waals surface area contributed by atoms with E-state index in [2.05, 4.69) is 15.3 Å². The maximum Gasteiger partial charge on any atom is 0.257 e. The smallest absolute Gasteiger partial charge is 0.257 e. The number of nitrogens with zero attached hydrogens (tertiary/aromatic N) is 3. The molecule has 2 aliphatic heterocycles. The molecule has 1 spiro atoms. The summed E-state index contributed by atoms with van der Waals surface area (Å²) in [5.41, 5.74) is 0.910. The second-order valence-corrected chi connectivity index (χ2v) is 8.57. The van der Waals surface area contributed by atoms with Crippen LogP contribution in [0, 0.1) is 11.2 Å². The lowest BCUT2D eigenvalue weighted by molar-refractivity contribution is 0.0191. The van der Waals surface area contributed by atoms with E-state index in [1.807, 2.05) is 11.0 Å². The molecular formula is C22H25FN4O2. The van der Waals surface area contributed by atoms with Gasteiger partial charge in [0.15, 0.2) is 0 Å². The van der Waals surface area contributed by atoms with Gasteiger partial charge in [-0.3, -0.25) is 4.79 Å². The number of halogens is 1. The Labute approximate surface area is 169 Å². The largest absolute Gasteiger partial charge is 0.381 e. The Bertz CT molecular complexity index is 907. The fraction of sp³-hybridized carbons (Fsp3) is 0.500. The van der Waals surface area contributed by atoms with Crippen LogP contribution < -0.4 is 5.32 Å². The van der Waals surface area contributed by atoms with Crippen molar-refractivity contribution in [2.45, 2.75) is 37.6 Å². The number of nitrogens with one attached hydrogen (secondary N) is 1. The van der Waals surface area contributed by atoms with Crippen molar-refractivity contribution in [3.05, 3.63) is 53.6 Å². The van der Waals surface area contributed by atoms with Gasteiger partial charge in [-0.2, -0.15) is 0 Å². The van der Waals surface area contributed by atoms with E-state index in [0.29, 0.717) is 17.1 Å². The topological polar surface area (TPSA) is 67.4 Å². The molecule has 0 unspecified atom stereocenters. The van der Waals surface area contributed by atoms with Crippen LogP contribution in [0.1, 0.15) is 48.0 Å². The summed E-state index contributed by atoms with van der Waals surface area (Å²) in [6.45, 7) is 3.13. The van der Waals surface area contributed by atoms with Crippen LogP contribution in [0.25, 0.3) is 0 Å². The van der Waals surface area contributed by atoms with Gasteiger partial charge in [0, 0.05) is 44.3 Å². The Morgan fingerprint density at radius 3 is 2.48 bits per heavy atom. The minimum absolute atomic E-state index is 0.0184. The first-order chi connectivity index (χ1) is 14.1. The van der Waals surface area contributed by atoms with Crippen molar-refractivity contribution in [2.24, 2.45) is 5.41 Å². The zero-order chi connectivity index (χ0) is 19.9. The Morgan fingerprint density at radius 2 is 1.79 bits per heavy atom. The van der Waals surface area contributed by atoms with E-state index in [1.54, 1.807) is 24.5 Å². The molecule has 5 rings (SSSR count). The number of amides is 1. The van der Waals surface area contributed by atoms with Crippen LogP contribution >= 0.6 is 0 Å². The number of anilines is 1. The van der Waals surface area contributed by atoms with Crippen LogP contribution in [0.4, 0.5) is 10.3 Å². The Balaban J connectivity index is 1.26. The molecule has 1 saturated carbocycles. The van der Waals surface area contributed by atoms with Crippen LogP contribution in [-0.4, -0.2) is 47.1 Å². The highest BCUT2D eigenvalue weighted by Gasteiger charge is 2.47. The lowest BCUT2D eigenvalue weighted by Crippen LogP contribution is -2.35. The lowest BCUT2D eigenvalue weighted by atomic mass is 9.80. The van der Waals surface area contributed by atoms with Crippen LogP contribution in [0.3, 0.4) is 0 Å². The first-order valence-corrected chi connectivity index (χ1v) is 10.3. The van der Waals surface area contributed by atoms with E-state index < -0.39 is 5.54 Å². The second-order valence-electron chi connectivity index (χ2n) is 8.57. The number of hydrogen-bond donors (Lipinski definition) is 1. The molecule has 3 aliphatic rings. The molecule has 1 amide bonds. The second kappa shape index (κ2) is 7.06. The number of aromatic nitrogens is 2. The Kier molecular flexibility index (Phi) is 4.50. The predicted octanol–water partition coefficient (Wildman–Crippen LogP) is 3.36. The lowest BCUT2D eigenvalue weighted by Gasteiger charge is -2.33. The van der Waals surface area contributed by atoms with E-state index in [-0.39, 0.29) is 17.1 Å². The van der Waals surface area contributed by atoms with Crippen molar-refractivity contribution in [1.82, 2.24) is 14.9 Å². The molecule has 1 aromatic heterocycles. The highest BCUT2D eigenvalue weighted by atomic mass is 19.1. The van der Waals surface area contributed by atoms with Gasteiger partial charge >= 0.3 is 0 Å². The Hall–Kier alpha value is -2.54. The number of carbonyl (C=O) groups is 1. The molecule has 152 valence electrons. The van der Waals surface area contributed by atoms with Crippen molar-refractivity contribution < 1.29 is 13.9 Å². The van der Waals surface area contributed by atoms with Crippen molar-refractivity contribution in [2.75, 3.05) is 31.6 Å². The van der Waals surface area contributed by atoms with E-state index >= 15 is 0 Å². The van der Waals surface area contributed by atoms with E-state index in [0.717, 1.165) is 58.4 Å². The van der Waals surface area contributed by atoms with E-state index in [1.165, 1.54) is 6.07 Å². The van der Waals surface area contributed by atoms with Crippen LogP contribution in [0.5, 0.6) is 0 Å². The highest BCUT2D eigenvalue weighted by molar-refractivity contribution is 5.94. The van der Waals surface area contributed by atoms with Crippen LogP contribution in [0.2, 0.25) is 0 Å². The summed E-state index contributed by atoms with van der Waals surface area (Å²) in [6, 6.07) is 6.80. The SMILES string of the molecule is O=C(c1cnc(NC2(c3ccccc3F)CC2)nc1)N1CCC2(CCOCC2)C1. The predicted molar refractivity (Wildman–Crippen MR) is 106 cm³/mol. The zero-order valence-electron chi connectivity index (χ0n) is 16.4. The Morgan fingerprint density at radius 1 is 1.07 bits per heavy atom. The van der Waals surface area contributed by atoms with E-state index in [9.17, 15) is 9.18 Å². The maximum atomic E-state index is 14.2. The molecule has 3 heterocycles. The van der Waals surface area contributed by atoms with Gasteiger partial charge in [-0.05, 0) is 43.6 Å². The molecule has 1 N–H and O–H groups in total. The van der Waals surface area contributed by atoms with Gasteiger partial charge in [0.05, 0.1) is 11.1 Å². The molecule has 2 aromatic rings. The molecule has 2 saturated heterocycles. The van der Waals surface area contributed by atoms with Crippen molar-refractivity contribution in [1.29, 1.82) is 0 Å². The number of likely N-dealkylation sites (tertiary alicyclic amines) is 1. The fourth-order valence-electron chi connectivity index (χ4n) is 4.66. The molecule has 7 heteroatoms. The van der Waals surface area contributed by atoms with Gasteiger partial charge in [-0.15, -0.1) is 0 Å². The van der Waals surface area contributed by atoms with E-state index in [4.69, 9.17) is 4.74 Å². The normalized spacial score (nSPS) is 21.9. The first-order valence-electron chi connectivity index (χ1n) is 10.3. The summed E-state index contributed by atoms with van der Waals surface area (Å²) in [5.74, 6) is 0.181. The monoisotopic (exact) mass is 396 g/mol. The number of rotatable bonds is 4. The molecule has 3 fully saturated rings. The summed E-state index contributed by atoms with van der Waals surface area (Å²) in [6.07, 6.45) is 7.89. The molecule has 1 aliphatic carbocycles. The quantitative estimate of drug-likeness (QED) is 0.858. The average molecular weight is 396 g/mol. The molecule has 29 heavy (non-hydrogen) atoms. The minimum Gasteiger partial charge on any atom is -0.381 e. The van der Waals surface area contributed by atoms with Gasteiger partial charge in [0.2, 0.25) is 5.95 Å². The van der Waals surface area contributed by atoms with Crippen molar-refractivity contribution in [3.63, 3.8) is 0 Å². The van der Waals surface area contributed by atoms with Crippen LogP contribution in [0.15, 0.2) is 36.7 Å². The summed E-state index contributed by atoms with van der Waals surface area (Å²) >= 11 is 0. The zero-order valence-corrected chi connectivity index (χ0v) is 16.4. The highest BCUT2D eigenvalue weighted by Crippen LogP contribution is 2.48. The standard InChI is InChI=1S/C22H25FN4O2/c23-18-4-2-1-3-17(18)22(5-6-22)26-20-24-13-16(14-25-20)19(28)27-10-7-21(15-27)8-11-29-12-9-21/h1-4,13-14H,5-12,15H2,(H,24,25,26). The van der Waals surface area contributed by atoms with Gasteiger partial charge in [0.25, 0.3) is 5.91 Å². The molecular weight excluding hydrogens is 371 g/mol. The van der Waals surface area contributed by atoms with Crippen molar-refractivity contribution >= 4 is 11.9 Å². The number of hydrogen-bond acceptors (Lipinski definition) is 5. The third kappa shape index (κ3) is 3.48. The first kappa shape index (κ1) is 18.5. The molecule has 0 atom stereocenters. The van der Waals surface area contributed by atoms with Crippen LogP contribution in [-0.2, 0) is 10.3 Å². The number of carbonyl (C=O) groups excluding carboxylic acids is 1. The maximum absolute atomic E-state index is 14.2. The van der Waals surface area contributed by atoms with Gasteiger partial charge in [-0.25, -0.2) is 14.4 Å². The van der Waals surface area contributed by atoms with Gasteiger partial charge < -0.3 is 15.0 Å². The average Bonchev–Trinajstić information content (AvgIpc) is 3.41. The van der Waals surface area contributed by atoms with Gasteiger partial charge in [-0.1, -0.05) is 18.2 Å². The molecule has 0 bridgehead atoms. The van der Waals surface area contributed by atoms with Crippen molar-refractivity contribution in [3.8, 4) is 0 Å². The summed E-state index contributed by atoms with van der Waals surface area (Å²) < 4.78 is 19.7. The molecule has 6 nitrogen and oxygen atoms in total.